The van der Waals surface area contributed by atoms with Gasteiger partial charge in [-0.05, 0) is 0 Å². The van der Waals surface area contributed by atoms with Gasteiger partial charge in [0.05, 0.1) is 0 Å². The van der Waals surface area contributed by atoms with Crippen molar-refractivity contribution in [1.82, 2.24) is 0 Å². The van der Waals surface area contributed by atoms with Gasteiger partial charge in [-0.3, -0.25) is 0 Å². The summed E-state index contributed by atoms with van der Waals surface area (Å²) in [6.45, 7) is 0. The molecule has 0 aliphatic carbocycles. The summed E-state index contributed by atoms with van der Waals surface area (Å²) in [5.74, 6) is -2.85. The Morgan fingerprint density at radius 2 is 0.714 bits per heavy atom. The van der Waals surface area contributed by atoms with Gasteiger partial charge < -0.3 is 0 Å². The molecule has 6 aromatic rings. The summed E-state index contributed by atoms with van der Waals surface area (Å²) in [5, 5.41) is 3.97. The molecule has 204 valence electrons. The van der Waals surface area contributed by atoms with Crippen LogP contribution in [-0.2, 0) is 32.5 Å². The van der Waals surface area contributed by atoms with Crippen LogP contribution in [0.3, 0.4) is 0 Å². The molecule has 0 fully saturated rings. The first kappa shape index (κ1) is 27.1. The molecule has 42 heavy (non-hydrogen) atoms. The van der Waals surface area contributed by atoms with Crippen LogP contribution in [0.25, 0.3) is 32.3 Å². The van der Waals surface area contributed by atoms with Crippen LogP contribution in [0.1, 0.15) is 31.1 Å². The van der Waals surface area contributed by atoms with Gasteiger partial charge in [0.25, 0.3) is 0 Å². The fraction of sp³-hybridized carbons (Fsp3) is 0. The molecule has 8 heteroatoms. The standard InChI is InChI=1S/3C11H8O2.CHO.Ti/c3*12-11(13)10-7-3-5-8-4-1-2-6-9(8)10;1-2;/h3*1-7H,(H,12,13);1H;/q;;;;+3/p-3. The van der Waals surface area contributed by atoms with Gasteiger partial charge >= 0.3 is 246 Å². The van der Waals surface area contributed by atoms with Crippen LogP contribution in [0.2, 0.25) is 0 Å². The summed E-state index contributed by atoms with van der Waals surface area (Å²) >= 11 is -5.69. The SMILES string of the molecule is O=[CH][Ti]([O]C(=O)c1cccc2ccccc12)([O]C(=O)c1cccc2ccccc12)[O]C(=O)c1cccc2ccccc12. The van der Waals surface area contributed by atoms with Crippen LogP contribution in [0, 0.1) is 0 Å². The molecule has 0 atom stereocenters. The van der Waals surface area contributed by atoms with Gasteiger partial charge in [-0.15, -0.1) is 0 Å². The zero-order valence-corrected chi connectivity index (χ0v) is 23.6. The van der Waals surface area contributed by atoms with Gasteiger partial charge in [0.1, 0.15) is 0 Å². The molecular weight excluding hydrogens is 568 g/mol. The third-order valence-electron chi connectivity index (χ3n) is 6.88. The molecule has 0 saturated heterocycles. The summed E-state index contributed by atoms with van der Waals surface area (Å²) in [6.07, 6.45) is 0. The topological polar surface area (TPSA) is 96.0 Å². The maximum absolute atomic E-state index is 13.6. The van der Waals surface area contributed by atoms with Crippen molar-refractivity contribution in [3.63, 3.8) is 0 Å². The zero-order valence-electron chi connectivity index (χ0n) is 22.1. The minimum absolute atomic E-state index is 0.132. The third-order valence-corrected chi connectivity index (χ3v) is 9.53. The van der Waals surface area contributed by atoms with E-state index in [1.165, 1.54) is 18.2 Å². The summed E-state index contributed by atoms with van der Waals surface area (Å²) in [4.78, 5) is 53.5. The molecule has 6 aromatic carbocycles. The summed E-state index contributed by atoms with van der Waals surface area (Å²) in [5.41, 5.74) is 0.395. The number of hydrogen-bond donors (Lipinski definition) is 0. The van der Waals surface area contributed by atoms with Gasteiger partial charge in [0, 0.05) is 0 Å². The number of rotatable bonds is 7. The first-order valence-corrected chi connectivity index (χ1v) is 15.9. The predicted molar refractivity (Wildman–Crippen MR) is 155 cm³/mol. The third kappa shape index (κ3) is 5.19. The van der Waals surface area contributed by atoms with Crippen molar-refractivity contribution in [2.75, 3.05) is 0 Å². The molecule has 6 rings (SSSR count). The van der Waals surface area contributed by atoms with Gasteiger partial charge in [-0.1, -0.05) is 0 Å². The van der Waals surface area contributed by atoms with Gasteiger partial charge in [-0.2, -0.15) is 0 Å². The van der Waals surface area contributed by atoms with E-state index >= 15 is 0 Å². The Labute approximate surface area is 245 Å². The van der Waals surface area contributed by atoms with Gasteiger partial charge in [0.15, 0.2) is 0 Å². The van der Waals surface area contributed by atoms with E-state index in [2.05, 4.69) is 0 Å². The molecular formula is C34H22O7Ti. The van der Waals surface area contributed by atoms with E-state index in [-0.39, 0.29) is 21.3 Å². The van der Waals surface area contributed by atoms with E-state index in [0.29, 0.717) is 16.2 Å². The Morgan fingerprint density at radius 1 is 0.429 bits per heavy atom. The van der Waals surface area contributed by atoms with Crippen LogP contribution in [0.5, 0.6) is 0 Å². The van der Waals surface area contributed by atoms with E-state index in [1.807, 2.05) is 54.6 Å². The molecule has 0 aliphatic rings. The maximum atomic E-state index is 13.6. The molecule has 0 aliphatic heterocycles. The molecule has 7 nitrogen and oxygen atoms in total. The zero-order chi connectivity index (χ0) is 29.1. The number of hydrogen-bond acceptors (Lipinski definition) is 7. The summed E-state index contributed by atoms with van der Waals surface area (Å²) in [7, 11) is 0. The van der Waals surface area contributed by atoms with Crippen molar-refractivity contribution < 1.29 is 46.9 Å². The molecule has 0 saturated carbocycles. The Hall–Kier alpha value is -5.11. The van der Waals surface area contributed by atoms with E-state index in [9.17, 15) is 19.2 Å². The molecule has 0 unspecified atom stereocenters. The van der Waals surface area contributed by atoms with E-state index in [0.717, 1.165) is 16.2 Å². The average molecular weight is 590 g/mol. The second kappa shape index (κ2) is 11.4. The first-order valence-electron chi connectivity index (χ1n) is 13.1. The second-order valence-electron chi connectivity index (χ2n) is 9.47. The number of carbonyl (C=O) groups excluding carboxylic acids is 4. The fourth-order valence-electron chi connectivity index (χ4n) is 4.90. The monoisotopic (exact) mass is 590 g/mol. The van der Waals surface area contributed by atoms with Crippen molar-refractivity contribution in [2.24, 2.45) is 0 Å². The van der Waals surface area contributed by atoms with Crippen molar-refractivity contribution in [1.29, 1.82) is 0 Å². The Balaban J connectivity index is 1.41. The van der Waals surface area contributed by atoms with Crippen molar-refractivity contribution >= 4 is 54.8 Å². The molecule has 0 N–H and O–H groups in total. The number of benzene rings is 6. The number of fused-ring (bicyclic) bond motifs is 3. The minimum atomic E-state index is -5.69. The molecule has 0 spiro atoms. The van der Waals surface area contributed by atoms with Crippen LogP contribution in [-0.4, -0.2) is 22.5 Å². The normalized spacial score (nSPS) is 11.2. The Morgan fingerprint density at radius 3 is 1.02 bits per heavy atom. The van der Waals surface area contributed by atoms with Gasteiger partial charge in [-0.25, -0.2) is 0 Å². The first-order chi connectivity index (χ1) is 20.5. The summed E-state index contributed by atoms with van der Waals surface area (Å²) in [6, 6.07) is 36.4. The molecule has 0 radical (unpaired) electrons. The van der Waals surface area contributed by atoms with Crippen molar-refractivity contribution in [2.45, 2.75) is 0 Å². The molecule has 0 aromatic heterocycles. The fourth-order valence-corrected chi connectivity index (χ4v) is 7.04. The molecule has 0 amide bonds. The van der Waals surface area contributed by atoms with Crippen molar-refractivity contribution in [3.05, 3.63) is 144 Å². The van der Waals surface area contributed by atoms with E-state index < -0.39 is 35.7 Å². The Bertz CT molecular complexity index is 1780. The van der Waals surface area contributed by atoms with E-state index in [1.54, 1.807) is 54.6 Å². The van der Waals surface area contributed by atoms with E-state index in [4.69, 9.17) is 9.96 Å². The molecule has 0 bridgehead atoms. The average Bonchev–Trinajstić information content (AvgIpc) is 3.03. The molecule has 0 heterocycles. The van der Waals surface area contributed by atoms with Crippen molar-refractivity contribution in [3.8, 4) is 0 Å². The predicted octanol–water partition coefficient (Wildman–Crippen LogP) is 7.11. The Kier molecular flexibility index (Phi) is 7.36. The van der Waals surface area contributed by atoms with Crippen LogP contribution in [0.15, 0.2) is 127 Å². The quantitative estimate of drug-likeness (QED) is 0.145. The number of carbonyl (C=O) groups is 4. The van der Waals surface area contributed by atoms with Crippen LogP contribution in [0.4, 0.5) is 0 Å². The van der Waals surface area contributed by atoms with Crippen LogP contribution >= 0.6 is 0 Å². The van der Waals surface area contributed by atoms with Gasteiger partial charge in [0.2, 0.25) is 0 Å². The van der Waals surface area contributed by atoms with Crippen LogP contribution < -0.4 is 0 Å². The summed E-state index contributed by atoms with van der Waals surface area (Å²) < 4.78 is 17.2. The second-order valence-corrected chi connectivity index (χ2v) is 12.7.